The number of carbonyl (C=O) groups is 2. The van der Waals surface area contributed by atoms with Gasteiger partial charge in [0.2, 0.25) is 5.91 Å². The van der Waals surface area contributed by atoms with Crippen molar-refractivity contribution in [3.8, 4) is 0 Å². The average Bonchev–Trinajstić information content (AvgIpc) is 3.37. The van der Waals surface area contributed by atoms with Crippen molar-refractivity contribution in [3.05, 3.63) is 50.1 Å². The van der Waals surface area contributed by atoms with Crippen LogP contribution in [0.2, 0.25) is 0 Å². The van der Waals surface area contributed by atoms with Crippen LogP contribution in [0, 0.1) is 6.92 Å². The number of rotatable bonds is 2. The normalized spacial score (nSPS) is 20.5. The molecule has 1 aliphatic carbocycles. The Balaban J connectivity index is 1.37. The van der Waals surface area contributed by atoms with Gasteiger partial charge >= 0.3 is 0 Å². The Bertz CT molecular complexity index is 1120. The summed E-state index contributed by atoms with van der Waals surface area (Å²) in [5.74, 6) is 2.30. The minimum absolute atomic E-state index is 0.00858. The quantitative estimate of drug-likeness (QED) is 0.796. The fourth-order valence-electron chi connectivity index (χ4n) is 5.23. The summed E-state index contributed by atoms with van der Waals surface area (Å²) in [6.07, 6.45) is 5.28. The molecular weight excluding hydrogens is 396 g/mol. The Labute approximate surface area is 180 Å². The van der Waals surface area contributed by atoms with Crippen LogP contribution >= 0.6 is 0 Å². The summed E-state index contributed by atoms with van der Waals surface area (Å²) in [7, 11) is 0. The van der Waals surface area contributed by atoms with E-state index in [1.807, 2.05) is 11.8 Å². The zero-order chi connectivity index (χ0) is 21.7. The number of carbonyl (C=O) groups excluding carboxylic acids is 2. The van der Waals surface area contributed by atoms with Crippen molar-refractivity contribution in [2.75, 3.05) is 19.6 Å². The summed E-state index contributed by atoms with van der Waals surface area (Å²) in [5, 5.41) is 0. The van der Waals surface area contributed by atoms with Crippen LogP contribution in [-0.2, 0) is 30.6 Å². The van der Waals surface area contributed by atoms with Gasteiger partial charge in [-0.15, -0.1) is 0 Å². The topological polar surface area (TPSA) is 99.5 Å². The Morgan fingerprint density at radius 2 is 1.90 bits per heavy atom. The van der Waals surface area contributed by atoms with Gasteiger partial charge in [-0.3, -0.25) is 14.4 Å². The van der Waals surface area contributed by atoms with E-state index in [-0.39, 0.29) is 23.3 Å². The van der Waals surface area contributed by atoms with Crippen molar-refractivity contribution >= 4 is 11.8 Å². The van der Waals surface area contributed by atoms with Gasteiger partial charge in [0.15, 0.2) is 0 Å². The molecule has 31 heavy (non-hydrogen) atoms. The van der Waals surface area contributed by atoms with Gasteiger partial charge in [-0.25, -0.2) is 4.98 Å². The number of amides is 2. The molecule has 1 N–H and O–H groups in total. The molecule has 2 aliphatic heterocycles. The number of nitrogens with one attached hydrogen (secondary N) is 1. The van der Waals surface area contributed by atoms with Crippen LogP contribution in [0.25, 0.3) is 0 Å². The standard InChI is InChI=1S/C23H28N4O4/c1-13-20(17-5-3-4-6-19(17)31-13)23(30)27-9-7-15(11-27)21-24-18-12-26(14(2)28)10-8-16(18)22(29)25-21/h15H,3-12H2,1-2H3,(H,24,25,29)/t15-/m0/s1. The fraction of sp³-hybridized carbons (Fsp3) is 0.565. The van der Waals surface area contributed by atoms with Crippen LogP contribution in [0.3, 0.4) is 0 Å². The average molecular weight is 425 g/mol. The van der Waals surface area contributed by atoms with Crippen LogP contribution in [-0.4, -0.2) is 51.2 Å². The molecule has 0 bridgehead atoms. The van der Waals surface area contributed by atoms with Gasteiger partial charge in [-0.05, 0) is 39.0 Å². The van der Waals surface area contributed by atoms with E-state index in [2.05, 4.69) is 4.98 Å². The maximum Gasteiger partial charge on any atom is 0.257 e. The van der Waals surface area contributed by atoms with E-state index in [9.17, 15) is 14.4 Å². The highest BCUT2D eigenvalue weighted by Crippen LogP contribution is 2.33. The number of aromatic amines is 1. The Kier molecular flexibility index (Phi) is 4.95. The number of H-pyrrole nitrogens is 1. The number of furan rings is 1. The van der Waals surface area contributed by atoms with E-state index in [1.54, 1.807) is 4.90 Å². The van der Waals surface area contributed by atoms with Gasteiger partial charge in [0, 0.05) is 50.0 Å². The van der Waals surface area contributed by atoms with E-state index in [1.165, 1.54) is 6.92 Å². The molecule has 5 rings (SSSR count). The molecule has 2 aromatic rings. The minimum Gasteiger partial charge on any atom is -0.465 e. The highest BCUT2D eigenvalue weighted by atomic mass is 16.3. The van der Waals surface area contributed by atoms with Crippen molar-refractivity contribution in [2.45, 2.75) is 64.8 Å². The molecule has 4 heterocycles. The number of hydrogen-bond acceptors (Lipinski definition) is 5. The first kappa shape index (κ1) is 20.0. The Hall–Kier alpha value is -2.90. The van der Waals surface area contributed by atoms with Gasteiger partial charge in [0.1, 0.15) is 17.3 Å². The molecule has 0 aromatic carbocycles. The second-order valence-electron chi connectivity index (χ2n) is 8.95. The van der Waals surface area contributed by atoms with Crippen molar-refractivity contribution < 1.29 is 14.0 Å². The maximum absolute atomic E-state index is 13.3. The van der Waals surface area contributed by atoms with Gasteiger partial charge in [0.05, 0.1) is 17.8 Å². The van der Waals surface area contributed by atoms with E-state index in [0.717, 1.165) is 49.0 Å². The largest absolute Gasteiger partial charge is 0.465 e. The van der Waals surface area contributed by atoms with Gasteiger partial charge < -0.3 is 19.2 Å². The lowest BCUT2D eigenvalue weighted by Crippen LogP contribution is -2.38. The molecule has 8 heteroatoms. The summed E-state index contributed by atoms with van der Waals surface area (Å²) >= 11 is 0. The summed E-state index contributed by atoms with van der Waals surface area (Å²) in [6, 6.07) is 0. The zero-order valence-corrected chi connectivity index (χ0v) is 18.1. The second-order valence-corrected chi connectivity index (χ2v) is 8.95. The molecule has 2 aromatic heterocycles. The van der Waals surface area contributed by atoms with Crippen molar-refractivity contribution in [1.82, 2.24) is 19.8 Å². The summed E-state index contributed by atoms with van der Waals surface area (Å²) in [4.78, 5) is 49.0. The smallest absolute Gasteiger partial charge is 0.257 e. The lowest BCUT2D eigenvalue weighted by molar-refractivity contribution is -0.129. The summed E-state index contributed by atoms with van der Waals surface area (Å²) in [6.45, 7) is 5.49. The number of likely N-dealkylation sites (tertiary alicyclic amines) is 1. The molecule has 2 amide bonds. The van der Waals surface area contributed by atoms with Crippen LogP contribution in [0.5, 0.6) is 0 Å². The highest BCUT2D eigenvalue weighted by molar-refractivity contribution is 5.97. The molecule has 1 fully saturated rings. The van der Waals surface area contributed by atoms with E-state index < -0.39 is 0 Å². The predicted molar refractivity (Wildman–Crippen MR) is 113 cm³/mol. The molecule has 0 unspecified atom stereocenters. The SMILES string of the molecule is CC(=O)N1CCc2c(nc([C@H]3CCN(C(=O)c4c(C)oc5c4CCCC5)C3)[nH]c2=O)C1. The monoisotopic (exact) mass is 424 g/mol. The Morgan fingerprint density at radius 3 is 2.71 bits per heavy atom. The van der Waals surface area contributed by atoms with Crippen molar-refractivity contribution in [1.29, 1.82) is 0 Å². The minimum atomic E-state index is -0.118. The number of aromatic nitrogens is 2. The van der Waals surface area contributed by atoms with Crippen molar-refractivity contribution in [3.63, 3.8) is 0 Å². The number of fused-ring (bicyclic) bond motifs is 2. The number of aryl methyl sites for hydroxylation is 2. The highest BCUT2D eigenvalue weighted by Gasteiger charge is 2.34. The first-order chi connectivity index (χ1) is 14.9. The summed E-state index contributed by atoms with van der Waals surface area (Å²) in [5.41, 5.74) is 3.06. The lowest BCUT2D eigenvalue weighted by Gasteiger charge is -2.27. The number of hydrogen-bond donors (Lipinski definition) is 1. The molecule has 0 saturated carbocycles. The third-order valence-electron chi connectivity index (χ3n) is 6.96. The summed E-state index contributed by atoms with van der Waals surface area (Å²) < 4.78 is 5.90. The van der Waals surface area contributed by atoms with Crippen LogP contribution in [0.4, 0.5) is 0 Å². The fourth-order valence-corrected chi connectivity index (χ4v) is 5.23. The molecular formula is C23H28N4O4. The van der Waals surface area contributed by atoms with E-state index in [0.29, 0.717) is 55.4 Å². The zero-order valence-electron chi connectivity index (χ0n) is 18.1. The van der Waals surface area contributed by atoms with Gasteiger partial charge in [0.25, 0.3) is 11.5 Å². The number of nitrogens with zero attached hydrogens (tertiary/aromatic N) is 3. The molecule has 164 valence electrons. The first-order valence-corrected chi connectivity index (χ1v) is 11.2. The Morgan fingerprint density at radius 1 is 1.10 bits per heavy atom. The van der Waals surface area contributed by atoms with Gasteiger partial charge in [-0.2, -0.15) is 0 Å². The van der Waals surface area contributed by atoms with Gasteiger partial charge in [-0.1, -0.05) is 0 Å². The third-order valence-corrected chi connectivity index (χ3v) is 6.96. The van der Waals surface area contributed by atoms with Crippen LogP contribution < -0.4 is 5.56 Å². The predicted octanol–water partition coefficient (Wildman–Crippen LogP) is 2.08. The molecule has 0 radical (unpaired) electrons. The van der Waals surface area contributed by atoms with E-state index in [4.69, 9.17) is 9.40 Å². The van der Waals surface area contributed by atoms with Crippen LogP contribution in [0.1, 0.15) is 76.6 Å². The molecule has 8 nitrogen and oxygen atoms in total. The molecule has 1 saturated heterocycles. The van der Waals surface area contributed by atoms with Crippen molar-refractivity contribution in [2.24, 2.45) is 0 Å². The maximum atomic E-state index is 13.3. The first-order valence-electron chi connectivity index (χ1n) is 11.2. The molecule has 0 spiro atoms. The lowest BCUT2D eigenvalue weighted by atomic mass is 9.94. The van der Waals surface area contributed by atoms with E-state index >= 15 is 0 Å². The molecule has 1 atom stereocenters. The van der Waals surface area contributed by atoms with Crippen LogP contribution in [0.15, 0.2) is 9.21 Å². The third kappa shape index (κ3) is 3.47. The molecule has 3 aliphatic rings. The second kappa shape index (κ2) is 7.66.